The summed E-state index contributed by atoms with van der Waals surface area (Å²) in [6.45, 7) is 3.25. The number of hydrogen-bond acceptors (Lipinski definition) is 8. The van der Waals surface area contributed by atoms with Crippen molar-refractivity contribution in [1.82, 2.24) is 14.9 Å². The number of nitrogens with zero attached hydrogens (tertiary/aromatic N) is 4. The van der Waals surface area contributed by atoms with E-state index in [0.717, 1.165) is 12.8 Å². The molecule has 0 unspecified atom stereocenters. The fourth-order valence-corrected chi connectivity index (χ4v) is 3.64. The molecule has 2 fully saturated rings. The van der Waals surface area contributed by atoms with Crippen molar-refractivity contribution in [3.8, 4) is 5.75 Å². The first-order valence-electron chi connectivity index (χ1n) is 9.85. The predicted molar refractivity (Wildman–Crippen MR) is 113 cm³/mol. The Hall–Kier alpha value is -2.71. The van der Waals surface area contributed by atoms with Gasteiger partial charge in [0.1, 0.15) is 23.5 Å². The molecule has 154 valence electrons. The Morgan fingerprint density at radius 2 is 2.03 bits per heavy atom. The van der Waals surface area contributed by atoms with Gasteiger partial charge in [-0.15, -0.1) is 0 Å². The first-order valence-corrected chi connectivity index (χ1v) is 9.85. The van der Waals surface area contributed by atoms with Crippen LogP contribution in [0.25, 0.3) is 0 Å². The van der Waals surface area contributed by atoms with Gasteiger partial charge in [0.15, 0.2) is 0 Å². The molecule has 0 radical (unpaired) electrons. The molecule has 0 spiro atoms. The average Bonchev–Trinajstić information content (AvgIpc) is 3.28. The Balaban J connectivity index is 1.57. The molecule has 4 rings (SSSR count). The number of ether oxygens (including phenoxy) is 1. The monoisotopic (exact) mass is 396 g/mol. The van der Waals surface area contributed by atoms with E-state index in [2.05, 4.69) is 16.9 Å². The van der Waals surface area contributed by atoms with E-state index < -0.39 is 6.10 Å². The van der Waals surface area contributed by atoms with Crippen molar-refractivity contribution >= 4 is 17.2 Å². The number of β-amino-alcohol motifs (C(OH)–C–C–N with tert-alkyl or cyclic N) is 1. The Morgan fingerprint density at radius 3 is 2.69 bits per heavy atom. The summed E-state index contributed by atoms with van der Waals surface area (Å²) in [4.78, 5) is 12.7. The van der Waals surface area contributed by atoms with Crippen molar-refractivity contribution in [1.29, 1.82) is 5.41 Å². The number of rotatable bonds is 6. The fourth-order valence-electron chi connectivity index (χ4n) is 3.64. The molecule has 4 N–H and O–H groups in total. The number of aromatic nitrogens is 2. The van der Waals surface area contributed by atoms with Gasteiger partial charge in [-0.1, -0.05) is 0 Å². The van der Waals surface area contributed by atoms with Crippen molar-refractivity contribution < 1.29 is 9.84 Å². The van der Waals surface area contributed by atoms with Crippen LogP contribution < -0.4 is 15.4 Å². The zero-order valence-corrected chi connectivity index (χ0v) is 17.1. The number of nitrogens with one attached hydrogen (secondary N) is 1. The second-order valence-corrected chi connectivity index (χ2v) is 8.44. The van der Waals surface area contributed by atoms with Gasteiger partial charge in [0, 0.05) is 30.4 Å². The molecule has 1 aromatic carbocycles. The Labute approximate surface area is 170 Å². The van der Waals surface area contributed by atoms with Crippen LogP contribution in [0.4, 0.5) is 11.5 Å². The average molecular weight is 396 g/mol. The summed E-state index contributed by atoms with van der Waals surface area (Å²) in [5.74, 6) is 1.41. The largest absolute Gasteiger partial charge is 0.488 e. The Kier molecular flexibility index (Phi) is 4.92. The first-order chi connectivity index (χ1) is 13.8. The molecule has 2 atom stereocenters. The van der Waals surface area contributed by atoms with Crippen LogP contribution in [0.15, 0.2) is 30.6 Å². The lowest BCUT2D eigenvalue weighted by Crippen LogP contribution is -2.38. The van der Waals surface area contributed by atoms with Gasteiger partial charge in [0.25, 0.3) is 0 Å². The van der Waals surface area contributed by atoms with Crippen molar-refractivity contribution in [3.05, 3.63) is 41.9 Å². The smallest absolute Gasteiger partial charge is 0.132 e. The molecule has 29 heavy (non-hydrogen) atoms. The van der Waals surface area contributed by atoms with Gasteiger partial charge in [0.05, 0.1) is 23.6 Å². The number of likely N-dealkylation sites (N-methyl/N-ethyl adjacent to an activating group) is 1. The number of benzene rings is 1. The Morgan fingerprint density at radius 1 is 1.28 bits per heavy atom. The van der Waals surface area contributed by atoms with E-state index in [9.17, 15) is 5.11 Å². The maximum absolute atomic E-state index is 10.3. The summed E-state index contributed by atoms with van der Waals surface area (Å²) in [6.07, 6.45) is 3.08. The van der Waals surface area contributed by atoms with Crippen LogP contribution >= 0.6 is 0 Å². The van der Waals surface area contributed by atoms with Gasteiger partial charge in [-0.25, -0.2) is 9.97 Å². The van der Waals surface area contributed by atoms with Gasteiger partial charge in [-0.05, 0) is 52.1 Å². The van der Waals surface area contributed by atoms with Crippen LogP contribution in [0.2, 0.25) is 0 Å². The maximum Gasteiger partial charge on any atom is 0.132 e. The summed E-state index contributed by atoms with van der Waals surface area (Å²) in [7, 11) is 3.91. The van der Waals surface area contributed by atoms with E-state index in [0.29, 0.717) is 41.6 Å². The lowest BCUT2D eigenvalue weighted by Gasteiger charge is -2.22. The van der Waals surface area contributed by atoms with Crippen LogP contribution in [0.1, 0.15) is 31.0 Å². The topological polar surface area (TPSA) is 112 Å². The van der Waals surface area contributed by atoms with Crippen molar-refractivity contribution in [3.63, 3.8) is 0 Å². The third kappa shape index (κ3) is 4.04. The van der Waals surface area contributed by atoms with Gasteiger partial charge in [-0.2, -0.15) is 0 Å². The fraction of sp³-hybridized carbons (Fsp3) is 0.476. The number of aliphatic hydroxyl groups excluding tert-OH is 1. The number of anilines is 2. The minimum absolute atomic E-state index is 0.0427. The second kappa shape index (κ2) is 7.27. The van der Waals surface area contributed by atoms with Crippen LogP contribution in [0.3, 0.4) is 0 Å². The standard InChI is InChI=1S/C21H28N6O2/c1-21(6-7-21)29-13-4-5-15(22)14(8-13)20(23)16-9-19(25-12-24-16)27-10-17(26(2)3)18(28)11-27/h4-5,8-9,12,17-18,23,28H,6-7,10-11,22H2,1-3H3/t17-,18-/m0/s1. The molecule has 2 aromatic rings. The van der Waals surface area contributed by atoms with E-state index in [1.807, 2.05) is 36.0 Å². The molecule has 2 aliphatic rings. The number of nitrogens with two attached hydrogens (primary N) is 1. The summed E-state index contributed by atoms with van der Waals surface area (Å²) in [5.41, 5.74) is 7.85. The highest BCUT2D eigenvalue weighted by molar-refractivity contribution is 6.13. The van der Waals surface area contributed by atoms with Crippen molar-refractivity contribution in [2.45, 2.75) is 37.5 Å². The quantitative estimate of drug-likeness (QED) is 0.501. The van der Waals surface area contributed by atoms with Crippen molar-refractivity contribution in [2.75, 3.05) is 37.8 Å². The Bertz CT molecular complexity index is 927. The third-order valence-corrected chi connectivity index (χ3v) is 5.77. The maximum atomic E-state index is 10.3. The van der Waals surface area contributed by atoms with E-state index in [4.69, 9.17) is 15.9 Å². The molecular weight excluding hydrogens is 368 g/mol. The molecule has 1 saturated carbocycles. The minimum atomic E-state index is -0.448. The number of hydrogen-bond donors (Lipinski definition) is 3. The summed E-state index contributed by atoms with van der Waals surface area (Å²) in [6, 6.07) is 7.24. The number of aliphatic hydroxyl groups is 1. The SMILES string of the molecule is CN(C)[C@H]1CN(c2cc(C(=N)c3cc(OC4(C)CC4)ccc3N)ncn2)C[C@@H]1O. The predicted octanol–water partition coefficient (Wildman–Crippen LogP) is 1.52. The highest BCUT2D eigenvalue weighted by Gasteiger charge is 2.40. The van der Waals surface area contributed by atoms with Crippen molar-refractivity contribution in [2.24, 2.45) is 0 Å². The van der Waals surface area contributed by atoms with Crippen LogP contribution in [-0.2, 0) is 0 Å². The molecule has 8 heteroatoms. The van der Waals surface area contributed by atoms with Gasteiger partial charge in [0.2, 0.25) is 0 Å². The summed E-state index contributed by atoms with van der Waals surface area (Å²) in [5, 5.41) is 19.0. The zero-order valence-electron chi connectivity index (χ0n) is 17.1. The normalized spacial score (nSPS) is 22.7. The molecule has 8 nitrogen and oxygen atoms in total. The highest BCUT2D eigenvalue weighted by Crippen LogP contribution is 2.40. The van der Waals surface area contributed by atoms with Crippen LogP contribution in [0.5, 0.6) is 5.75 Å². The van der Waals surface area contributed by atoms with E-state index in [1.54, 1.807) is 12.1 Å². The van der Waals surface area contributed by atoms with E-state index in [1.165, 1.54) is 6.33 Å². The molecule has 1 aliphatic carbocycles. The molecule has 0 bridgehead atoms. The first kappa shape index (κ1) is 19.6. The summed E-state index contributed by atoms with van der Waals surface area (Å²) >= 11 is 0. The minimum Gasteiger partial charge on any atom is -0.488 e. The van der Waals surface area contributed by atoms with E-state index >= 15 is 0 Å². The molecule has 1 aromatic heterocycles. The second-order valence-electron chi connectivity index (χ2n) is 8.44. The molecule has 1 aliphatic heterocycles. The van der Waals surface area contributed by atoms with Crippen LogP contribution in [0, 0.1) is 5.41 Å². The molecule has 1 saturated heterocycles. The lowest BCUT2D eigenvalue weighted by atomic mass is 10.0. The van der Waals surface area contributed by atoms with Crippen LogP contribution in [-0.4, -0.2) is 70.6 Å². The third-order valence-electron chi connectivity index (χ3n) is 5.77. The summed E-state index contributed by atoms with van der Waals surface area (Å²) < 4.78 is 6.02. The van der Waals surface area contributed by atoms with Gasteiger partial charge >= 0.3 is 0 Å². The highest BCUT2D eigenvalue weighted by atomic mass is 16.5. The number of nitrogen functional groups attached to an aromatic ring is 1. The van der Waals surface area contributed by atoms with E-state index in [-0.39, 0.29) is 17.4 Å². The zero-order chi connectivity index (χ0) is 20.8. The van der Waals surface area contributed by atoms with Gasteiger partial charge < -0.3 is 25.4 Å². The molecular formula is C21H28N6O2. The molecule has 2 heterocycles. The lowest BCUT2D eigenvalue weighted by molar-refractivity contribution is 0.114. The van der Waals surface area contributed by atoms with Gasteiger partial charge in [-0.3, -0.25) is 5.41 Å². The molecule has 0 amide bonds.